The largest absolute Gasteiger partial charge is 0.341 e. The molecule has 1 nitrogen and oxygen atoms in total. The molecule has 1 aromatic heterocycles. The molecular weight excluding hydrogens is 290 g/mol. The van der Waals surface area contributed by atoms with Crippen LogP contribution in [0.15, 0.2) is 54.6 Å². The molecule has 1 aliphatic rings. The van der Waals surface area contributed by atoms with Crippen LogP contribution in [0.4, 0.5) is 0 Å². The number of benzene rings is 3. The molecule has 0 bridgehead atoms. The third kappa shape index (κ3) is 1.70. The summed E-state index contributed by atoms with van der Waals surface area (Å²) in [5.41, 5.74) is 4.35. The first-order chi connectivity index (χ1) is 11.8. The Morgan fingerprint density at radius 3 is 2.17 bits per heavy atom. The Morgan fingerprint density at radius 2 is 1.46 bits per heavy atom. The zero-order valence-electron chi connectivity index (χ0n) is 14.2. The predicted octanol–water partition coefficient (Wildman–Crippen LogP) is 6.49. The highest BCUT2D eigenvalue weighted by Gasteiger charge is 2.22. The second-order valence-corrected chi connectivity index (χ2v) is 7.08. The standard InChI is InChI=1S/C23H21N/c1-15(2)24-21-14-8-7-13-20(21)22-18-11-5-3-9-16(18)17-10-4-6-12-19(17)23(22)24/h3-7,9-13,15H,8,14H2,1-2H3. The van der Waals surface area contributed by atoms with Crippen LogP contribution in [0, 0.1) is 0 Å². The third-order valence-corrected chi connectivity index (χ3v) is 5.37. The molecule has 0 atom stereocenters. The fourth-order valence-electron chi connectivity index (χ4n) is 4.48. The van der Waals surface area contributed by atoms with Crippen molar-refractivity contribution in [3.8, 4) is 0 Å². The van der Waals surface area contributed by atoms with Crippen LogP contribution in [-0.4, -0.2) is 4.57 Å². The van der Waals surface area contributed by atoms with Crippen molar-refractivity contribution in [3.63, 3.8) is 0 Å². The van der Waals surface area contributed by atoms with Crippen LogP contribution in [-0.2, 0) is 6.42 Å². The second-order valence-electron chi connectivity index (χ2n) is 7.08. The first-order valence-corrected chi connectivity index (χ1v) is 8.90. The predicted molar refractivity (Wildman–Crippen MR) is 105 cm³/mol. The number of nitrogens with zero attached hydrogens (tertiary/aromatic N) is 1. The molecule has 0 saturated carbocycles. The van der Waals surface area contributed by atoms with Gasteiger partial charge in [0, 0.05) is 28.1 Å². The lowest BCUT2D eigenvalue weighted by Crippen LogP contribution is -2.07. The summed E-state index contributed by atoms with van der Waals surface area (Å²) in [6, 6.07) is 18.2. The van der Waals surface area contributed by atoms with Gasteiger partial charge in [-0.1, -0.05) is 60.7 Å². The van der Waals surface area contributed by atoms with Crippen molar-refractivity contribution in [1.82, 2.24) is 4.57 Å². The molecule has 1 heteroatoms. The van der Waals surface area contributed by atoms with Crippen molar-refractivity contribution in [1.29, 1.82) is 0 Å². The molecule has 24 heavy (non-hydrogen) atoms. The van der Waals surface area contributed by atoms with Crippen molar-refractivity contribution in [2.24, 2.45) is 0 Å². The Bertz CT molecular complexity index is 1130. The average Bonchev–Trinajstić information content (AvgIpc) is 2.98. The van der Waals surface area contributed by atoms with Gasteiger partial charge in [0.25, 0.3) is 0 Å². The van der Waals surface area contributed by atoms with Crippen molar-refractivity contribution < 1.29 is 0 Å². The first kappa shape index (κ1) is 13.9. The van der Waals surface area contributed by atoms with E-state index in [0.717, 1.165) is 12.8 Å². The summed E-state index contributed by atoms with van der Waals surface area (Å²) in [7, 11) is 0. The Labute approximate surface area is 142 Å². The summed E-state index contributed by atoms with van der Waals surface area (Å²) < 4.78 is 2.59. The highest BCUT2D eigenvalue weighted by molar-refractivity contribution is 6.26. The van der Waals surface area contributed by atoms with E-state index in [4.69, 9.17) is 0 Å². The SMILES string of the molecule is CC(C)n1c2c(c3c4ccccc4c4ccccc4c31)C=CCC2. The van der Waals surface area contributed by atoms with Crippen molar-refractivity contribution in [2.45, 2.75) is 32.7 Å². The van der Waals surface area contributed by atoms with E-state index >= 15 is 0 Å². The summed E-state index contributed by atoms with van der Waals surface area (Å²) in [5, 5.41) is 6.92. The van der Waals surface area contributed by atoms with Gasteiger partial charge >= 0.3 is 0 Å². The lowest BCUT2D eigenvalue weighted by molar-refractivity contribution is 0.593. The molecule has 1 aliphatic carbocycles. The number of hydrogen-bond donors (Lipinski definition) is 0. The third-order valence-electron chi connectivity index (χ3n) is 5.37. The molecular formula is C23H21N. The van der Waals surface area contributed by atoms with E-state index in [9.17, 15) is 0 Å². The Kier molecular flexibility index (Phi) is 2.87. The second kappa shape index (κ2) is 4.98. The lowest BCUT2D eigenvalue weighted by atomic mass is 9.94. The number of rotatable bonds is 1. The van der Waals surface area contributed by atoms with Crippen LogP contribution < -0.4 is 0 Å². The maximum absolute atomic E-state index is 2.59. The lowest BCUT2D eigenvalue weighted by Gasteiger charge is -2.17. The van der Waals surface area contributed by atoms with Crippen LogP contribution in [0.2, 0.25) is 0 Å². The summed E-state index contributed by atoms with van der Waals surface area (Å²) in [6.07, 6.45) is 6.96. The maximum Gasteiger partial charge on any atom is 0.0577 e. The minimum Gasteiger partial charge on any atom is -0.341 e. The van der Waals surface area contributed by atoms with E-state index in [1.807, 2.05) is 0 Å². The quantitative estimate of drug-likeness (QED) is 0.354. The first-order valence-electron chi connectivity index (χ1n) is 8.90. The molecule has 0 saturated heterocycles. The molecule has 5 rings (SSSR count). The molecule has 0 aliphatic heterocycles. The van der Waals surface area contributed by atoms with Gasteiger partial charge < -0.3 is 4.57 Å². The Morgan fingerprint density at radius 1 is 0.833 bits per heavy atom. The molecule has 1 heterocycles. The molecule has 4 aromatic rings. The summed E-state index contributed by atoms with van der Waals surface area (Å²) >= 11 is 0. The van der Waals surface area contributed by atoms with E-state index in [-0.39, 0.29) is 0 Å². The Balaban J connectivity index is 2.17. The van der Waals surface area contributed by atoms with Gasteiger partial charge in [0.15, 0.2) is 0 Å². The van der Waals surface area contributed by atoms with Crippen molar-refractivity contribution in [3.05, 3.63) is 65.9 Å². The Hall–Kier alpha value is -2.54. The van der Waals surface area contributed by atoms with Gasteiger partial charge in [0.2, 0.25) is 0 Å². The molecule has 118 valence electrons. The van der Waals surface area contributed by atoms with E-state index in [2.05, 4.69) is 79.1 Å². The normalized spacial score (nSPS) is 14.1. The van der Waals surface area contributed by atoms with Gasteiger partial charge in [-0.05, 0) is 42.8 Å². The molecule has 0 fully saturated rings. The highest BCUT2D eigenvalue weighted by Crippen LogP contribution is 2.42. The summed E-state index contributed by atoms with van der Waals surface area (Å²) in [5.74, 6) is 0. The maximum atomic E-state index is 2.59. The van der Waals surface area contributed by atoms with Gasteiger partial charge in [-0.15, -0.1) is 0 Å². The van der Waals surface area contributed by atoms with Gasteiger partial charge in [-0.2, -0.15) is 0 Å². The van der Waals surface area contributed by atoms with Crippen LogP contribution in [0.3, 0.4) is 0 Å². The minimum absolute atomic E-state index is 0.465. The zero-order valence-corrected chi connectivity index (χ0v) is 14.2. The molecule has 0 N–H and O–H groups in total. The fraction of sp³-hybridized carbons (Fsp3) is 0.217. The van der Waals surface area contributed by atoms with Gasteiger partial charge in [0.05, 0.1) is 5.52 Å². The van der Waals surface area contributed by atoms with Crippen molar-refractivity contribution in [2.75, 3.05) is 0 Å². The van der Waals surface area contributed by atoms with Crippen LogP contribution in [0.1, 0.15) is 37.6 Å². The number of hydrogen-bond acceptors (Lipinski definition) is 0. The molecule has 0 unspecified atom stereocenters. The number of allylic oxidation sites excluding steroid dienone is 1. The van der Waals surface area contributed by atoms with Gasteiger partial charge in [0.1, 0.15) is 0 Å². The van der Waals surface area contributed by atoms with Crippen LogP contribution in [0.5, 0.6) is 0 Å². The zero-order chi connectivity index (χ0) is 16.3. The van der Waals surface area contributed by atoms with Gasteiger partial charge in [-0.3, -0.25) is 0 Å². The van der Waals surface area contributed by atoms with E-state index in [1.165, 1.54) is 43.7 Å². The van der Waals surface area contributed by atoms with Gasteiger partial charge in [-0.25, -0.2) is 0 Å². The average molecular weight is 311 g/mol. The van der Waals surface area contributed by atoms with Crippen molar-refractivity contribution >= 4 is 38.5 Å². The summed E-state index contributed by atoms with van der Waals surface area (Å²) in [4.78, 5) is 0. The fourth-order valence-corrected chi connectivity index (χ4v) is 4.48. The summed E-state index contributed by atoms with van der Waals surface area (Å²) in [6.45, 7) is 4.62. The number of aromatic nitrogens is 1. The van der Waals surface area contributed by atoms with E-state index < -0.39 is 0 Å². The molecule has 0 radical (unpaired) electrons. The topological polar surface area (TPSA) is 4.93 Å². The molecule has 0 amide bonds. The van der Waals surface area contributed by atoms with Crippen LogP contribution in [0.25, 0.3) is 38.5 Å². The molecule has 0 spiro atoms. The van der Waals surface area contributed by atoms with E-state index in [0.29, 0.717) is 6.04 Å². The van der Waals surface area contributed by atoms with Crippen LogP contribution >= 0.6 is 0 Å². The minimum atomic E-state index is 0.465. The smallest absolute Gasteiger partial charge is 0.0577 e. The monoisotopic (exact) mass is 311 g/mol. The van der Waals surface area contributed by atoms with E-state index in [1.54, 1.807) is 0 Å². The molecule has 3 aromatic carbocycles. The number of fused-ring (bicyclic) bond motifs is 8. The highest BCUT2D eigenvalue weighted by atomic mass is 15.0.